The number of fused-ring (bicyclic) bond motifs is 2. The second-order valence-electron chi connectivity index (χ2n) is 6.84. The lowest BCUT2D eigenvalue weighted by molar-refractivity contribution is 0.837. The van der Waals surface area contributed by atoms with Crippen molar-refractivity contribution in [1.29, 1.82) is 0 Å². The number of hydrogen-bond donors (Lipinski definition) is 1. The summed E-state index contributed by atoms with van der Waals surface area (Å²) in [5.41, 5.74) is 3.11. The number of hydrogen-bond acceptors (Lipinski definition) is 2. The summed E-state index contributed by atoms with van der Waals surface area (Å²) in [5.74, 6) is 0.467. The molecule has 29 heavy (non-hydrogen) atoms. The van der Waals surface area contributed by atoms with Gasteiger partial charge in [0.05, 0.1) is 26.5 Å². The summed E-state index contributed by atoms with van der Waals surface area (Å²) in [6.45, 7) is 0.652. The molecule has 3 aromatic carbocycles. The molecule has 0 saturated heterocycles. The molecule has 142 valence electrons. The molecule has 0 radical (unpaired) electrons. The van der Waals surface area contributed by atoms with Crippen LogP contribution in [0.25, 0.3) is 33.2 Å². The van der Waals surface area contributed by atoms with E-state index in [-0.39, 0.29) is 5.56 Å². The fraction of sp³-hybridized carbons (Fsp3) is 0.0435. The third-order valence-electron chi connectivity index (χ3n) is 4.99. The van der Waals surface area contributed by atoms with Crippen LogP contribution in [0.2, 0.25) is 10.0 Å². The standard InChI is InChI=1S/C23H15Cl2N3O/c24-18-10-5-9-16-20(18)26-22(27-23(16)29)17-13-28(12-14-6-2-1-3-7-14)21-15(17)8-4-11-19(21)25/h1-11,13H,12H2,(H,26,27,29). The van der Waals surface area contributed by atoms with E-state index >= 15 is 0 Å². The predicted octanol–water partition coefficient (Wildman–Crippen LogP) is 5.90. The Balaban J connectivity index is 1.76. The number of aromatic amines is 1. The van der Waals surface area contributed by atoms with Crippen molar-refractivity contribution in [2.45, 2.75) is 6.54 Å². The van der Waals surface area contributed by atoms with Gasteiger partial charge in [-0.2, -0.15) is 0 Å². The molecule has 0 atom stereocenters. The summed E-state index contributed by atoms with van der Waals surface area (Å²) in [7, 11) is 0. The monoisotopic (exact) mass is 419 g/mol. The van der Waals surface area contributed by atoms with Crippen LogP contribution >= 0.6 is 23.2 Å². The van der Waals surface area contributed by atoms with Crippen LogP contribution in [-0.2, 0) is 6.54 Å². The first-order valence-electron chi connectivity index (χ1n) is 9.12. The second-order valence-corrected chi connectivity index (χ2v) is 7.66. The number of nitrogens with zero attached hydrogens (tertiary/aromatic N) is 2. The highest BCUT2D eigenvalue weighted by molar-refractivity contribution is 6.36. The Morgan fingerprint density at radius 2 is 1.59 bits per heavy atom. The van der Waals surface area contributed by atoms with Crippen molar-refractivity contribution in [2.75, 3.05) is 0 Å². The molecule has 0 unspecified atom stereocenters. The van der Waals surface area contributed by atoms with Gasteiger partial charge in [-0.25, -0.2) is 4.98 Å². The van der Waals surface area contributed by atoms with Crippen LogP contribution in [0.5, 0.6) is 0 Å². The lowest BCUT2D eigenvalue weighted by Gasteiger charge is -2.06. The van der Waals surface area contributed by atoms with E-state index in [9.17, 15) is 4.79 Å². The third kappa shape index (κ3) is 3.11. The van der Waals surface area contributed by atoms with E-state index in [1.807, 2.05) is 42.6 Å². The fourth-order valence-corrected chi connectivity index (χ4v) is 4.16. The summed E-state index contributed by atoms with van der Waals surface area (Å²) in [4.78, 5) is 20.2. The summed E-state index contributed by atoms with van der Waals surface area (Å²) in [6, 6.07) is 21.1. The molecule has 4 nitrogen and oxygen atoms in total. The first-order valence-corrected chi connectivity index (χ1v) is 9.87. The van der Waals surface area contributed by atoms with E-state index in [1.54, 1.807) is 18.2 Å². The van der Waals surface area contributed by atoms with Crippen LogP contribution in [-0.4, -0.2) is 14.5 Å². The predicted molar refractivity (Wildman–Crippen MR) is 119 cm³/mol. The maximum absolute atomic E-state index is 12.6. The van der Waals surface area contributed by atoms with E-state index in [4.69, 9.17) is 23.2 Å². The Bertz CT molecular complexity index is 1420. The molecule has 0 saturated carbocycles. The number of benzene rings is 3. The molecule has 1 N–H and O–H groups in total. The Morgan fingerprint density at radius 3 is 2.38 bits per heavy atom. The molecule has 0 bridgehead atoms. The molecule has 2 heterocycles. The van der Waals surface area contributed by atoms with E-state index < -0.39 is 0 Å². The Morgan fingerprint density at radius 1 is 0.862 bits per heavy atom. The van der Waals surface area contributed by atoms with Crippen molar-refractivity contribution < 1.29 is 0 Å². The number of halogens is 2. The molecule has 5 rings (SSSR count). The molecule has 6 heteroatoms. The highest BCUT2D eigenvalue weighted by Gasteiger charge is 2.16. The van der Waals surface area contributed by atoms with Crippen LogP contribution in [0.1, 0.15) is 5.56 Å². The van der Waals surface area contributed by atoms with Crippen molar-refractivity contribution in [3.63, 3.8) is 0 Å². The summed E-state index contributed by atoms with van der Waals surface area (Å²) < 4.78 is 2.08. The van der Waals surface area contributed by atoms with Crippen LogP contribution in [0.15, 0.2) is 77.7 Å². The van der Waals surface area contributed by atoms with E-state index in [0.717, 1.165) is 22.0 Å². The van der Waals surface area contributed by atoms with Crippen LogP contribution < -0.4 is 5.56 Å². The Labute approximate surface area is 176 Å². The van der Waals surface area contributed by atoms with Crippen LogP contribution in [0.4, 0.5) is 0 Å². The zero-order valence-electron chi connectivity index (χ0n) is 15.2. The molecule has 0 amide bonds. The number of para-hydroxylation sites is 2. The number of H-pyrrole nitrogens is 1. The van der Waals surface area contributed by atoms with E-state index in [1.165, 1.54) is 0 Å². The minimum atomic E-state index is -0.224. The van der Waals surface area contributed by atoms with E-state index in [2.05, 4.69) is 26.7 Å². The topological polar surface area (TPSA) is 50.7 Å². The molecule has 0 spiro atoms. The van der Waals surface area contributed by atoms with Gasteiger partial charge in [-0.1, -0.05) is 71.7 Å². The molecule has 0 aliphatic rings. The quantitative estimate of drug-likeness (QED) is 0.395. The van der Waals surface area contributed by atoms with Gasteiger partial charge in [0.15, 0.2) is 0 Å². The molecule has 2 aromatic heterocycles. The molecule has 0 aliphatic heterocycles. The van der Waals surface area contributed by atoms with Gasteiger partial charge in [0, 0.05) is 23.7 Å². The van der Waals surface area contributed by atoms with E-state index in [0.29, 0.717) is 33.3 Å². The molecular formula is C23H15Cl2N3O. The number of aromatic nitrogens is 3. The molecule has 0 fully saturated rings. The number of nitrogens with one attached hydrogen (secondary N) is 1. The van der Waals surface area contributed by atoms with Crippen LogP contribution in [0, 0.1) is 0 Å². The first-order chi connectivity index (χ1) is 14.1. The lowest BCUT2D eigenvalue weighted by atomic mass is 10.1. The van der Waals surface area contributed by atoms with Crippen molar-refractivity contribution in [3.05, 3.63) is 98.9 Å². The van der Waals surface area contributed by atoms with Crippen LogP contribution in [0.3, 0.4) is 0 Å². The zero-order chi connectivity index (χ0) is 20.0. The van der Waals surface area contributed by atoms with Crippen molar-refractivity contribution in [1.82, 2.24) is 14.5 Å². The summed E-state index contributed by atoms with van der Waals surface area (Å²) >= 11 is 12.8. The maximum atomic E-state index is 12.6. The van der Waals surface area contributed by atoms with Gasteiger partial charge in [0.1, 0.15) is 5.82 Å². The Hall–Kier alpha value is -3.08. The third-order valence-corrected chi connectivity index (χ3v) is 5.60. The summed E-state index contributed by atoms with van der Waals surface area (Å²) in [6.07, 6.45) is 1.98. The molecular weight excluding hydrogens is 405 g/mol. The first kappa shape index (κ1) is 18.0. The maximum Gasteiger partial charge on any atom is 0.259 e. The minimum Gasteiger partial charge on any atom is -0.341 e. The average molecular weight is 420 g/mol. The largest absolute Gasteiger partial charge is 0.341 e. The molecule has 5 aromatic rings. The van der Waals surface area contributed by atoms with Gasteiger partial charge < -0.3 is 9.55 Å². The lowest BCUT2D eigenvalue weighted by Crippen LogP contribution is -2.09. The van der Waals surface area contributed by atoms with Crippen molar-refractivity contribution in [2.24, 2.45) is 0 Å². The number of rotatable bonds is 3. The highest BCUT2D eigenvalue weighted by Crippen LogP contribution is 2.34. The molecule has 0 aliphatic carbocycles. The van der Waals surface area contributed by atoms with Crippen molar-refractivity contribution in [3.8, 4) is 11.4 Å². The minimum absolute atomic E-state index is 0.224. The Kier molecular flexibility index (Phi) is 4.38. The van der Waals surface area contributed by atoms with Crippen molar-refractivity contribution >= 4 is 45.0 Å². The van der Waals surface area contributed by atoms with Gasteiger partial charge in [0.25, 0.3) is 5.56 Å². The summed E-state index contributed by atoms with van der Waals surface area (Å²) in [5, 5.41) is 2.47. The highest BCUT2D eigenvalue weighted by atomic mass is 35.5. The average Bonchev–Trinajstić information content (AvgIpc) is 3.09. The van der Waals surface area contributed by atoms with Gasteiger partial charge in [-0.3, -0.25) is 4.79 Å². The van der Waals surface area contributed by atoms with Gasteiger partial charge >= 0.3 is 0 Å². The normalized spacial score (nSPS) is 11.4. The SMILES string of the molecule is O=c1[nH]c(-c2cn(Cc3ccccc3)c3c(Cl)cccc23)nc2c(Cl)cccc12. The zero-order valence-corrected chi connectivity index (χ0v) is 16.7. The fourth-order valence-electron chi connectivity index (χ4n) is 3.66. The second kappa shape index (κ2) is 7.07. The van der Waals surface area contributed by atoms with Gasteiger partial charge in [-0.15, -0.1) is 0 Å². The van der Waals surface area contributed by atoms with Gasteiger partial charge in [0.2, 0.25) is 0 Å². The van der Waals surface area contributed by atoms with Gasteiger partial charge in [-0.05, 0) is 23.8 Å². The smallest absolute Gasteiger partial charge is 0.259 e.